The zero-order chi connectivity index (χ0) is 24.3. The van der Waals surface area contributed by atoms with Crippen molar-refractivity contribution in [2.75, 3.05) is 6.54 Å². The molecule has 1 aliphatic heterocycles. The molecule has 34 heavy (non-hydrogen) atoms. The number of amides is 1. The van der Waals surface area contributed by atoms with E-state index in [1.165, 1.54) is 18.3 Å². The van der Waals surface area contributed by atoms with Crippen LogP contribution in [0.2, 0.25) is 0 Å². The van der Waals surface area contributed by atoms with Crippen molar-refractivity contribution in [3.8, 4) is 5.75 Å². The Labute approximate surface area is 192 Å². The van der Waals surface area contributed by atoms with Gasteiger partial charge in [-0.1, -0.05) is 42.5 Å². The minimum Gasteiger partial charge on any atom is -0.487 e. The first-order valence-electron chi connectivity index (χ1n) is 10.5. The van der Waals surface area contributed by atoms with E-state index in [4.69, 9.17) is 4.74 Å². The molecule has 0 saturated heterocycles. The summed E-state index contributed by atoms with van der Waals surface area (Å²) in [5.41, 5.74) is 1.86. The molecular weight excluding hydrogens is 451 g/mol. The van der Waals surface area contributed by atoms with Gasteiger partial charge in [0.25, 0.3) is 5.56 Å². The fourth-order valence-electron chi connectivity index (χ4n) is 3.67. The number of nitrogens with zero attached hydrogens (tertiary/aromatic N) is 3. The quantitative estimate of drug-likeness (QED) is 0.516. The fraction of sp³-hybridized carbons (Fsp3) is 0.250. The van der Waals surface area contributed by atoms with E-state index in [0.29, 0.717) is 5.56 Å². The Balaban J connectivity index is 1.43. The van der Waals surface area contributed by atoms with Gasteiger partial charge in [0.15, 0.2) is 5.78 Å². The normalized spacial score (nSPS) is 13.3. The molecule has 2 heterocycles. The first-order valence-corrected chi connectivity index (χ1v) is 10.5. The molecule has 0 spiro atoms. The van der Waals surface area contributed by atoms with Gasteiger partial charge in [0.05, 0.1) is 6.20 Å². The number of alkyl halides is 3. The van der Waals surface area contributed by atoms with E-state index in [1.807, 2.05) is 30.3 Å². The van der Waals surface area contributed by atoms with Gasteiger partial charge in [-0.2, -0.15) is 18.3 Å². The number of Topliss-reactive ketones (excluding diaryl/α,β-unsaturated/α-hetero) is 1. The first kappa shape index (κ1) is 23.2. The SMILES string of the molecule is O=C(Cn1ncc(OCc2ccccc2)cc1=O)c1ccc2c(c1)CN(C(=O)C(F)(F)F)CC2. The van der Waals surface area contributed by atoms with E-state index in [1.54, 1.807) is 12.1 Å². The third-order valence-corrected chi connectivity index (χ3v) is 5.46. The molecule has 0 atom stereocenters. The van der Waals surface area contributed by atoms with Crippen LogP contribution in [0.5, 0.6) is 5.75 Å². The van der Waals surface area contributed by atoms with Gasteiger partial charge in [0.1, 0.15) is 18.9 Å². The van der Waals surface area contributed by atoms with Crippen LogP contribution >= 0.6 is 0 Å². The van der Waals surface area contributed by atoms with E-state index in [0.717, 1.165) is 20.7 Å². The third kappa shape index (κ3) is 5.33. The van der Waals surface area contributed by atoms with Crippen molar-refractivity contribution in [1.82, 2.24) is 14.7 Å². The van der Waals surface area contributed by atoms with Gasteiger partial charge in [-0.05, 0) is 29.2 Å². The van der Waals surface area contributed by atoms with E-state index in [-0.39, 0.29) is 44.0 Å². The number of ether oxygens (including phenoxy) is 1. The molecule has 0 bridgehead atoms. The summed E-state index contributed by atoms with van der Waals surface area (Å²) in [6, 6.07) is 15.3. The van der Waals surface area contributed by atoms with E-state index < -0.39 is 23.4 Å². The van der Waals surface area contributed by atoms with Gasteiger partial charge in [0, 0.05) is 24.7 Å². The Hall–Kier alpha value is -3.95. The molecule has 0 fully saturated rings. The summed E-state index contributed by atoms with van der Waals surface area (Å²) in [5, 5.41) is 3.99. The molecule has 0 N–H and O–H groups in total. The number of halogens is 3. The van der Waals surface area contributed by atoms with Crippen LogP contribution < -0.4 is 10.3 Å². The maximum Gasteiger partial charge on any atom is 0.471 e. The average molecular weight is 471 g/mol. The molecule has 4 rings (SSSR count). The first-order chi connectivity index (χ1) is 16.2. The maximum absolute atomic E-state index is 12.8. The predicted octanol–water partition coefficient (Wildman–Crippen LogP) is 3.15. The molecule has 1 aliphatic rings. The Morgan fingerprint density at radius 2 is 1.79 bits per heavy atom. The highest BCUT2D eigenvalue weighted by molar-refractivity contribution is 5.96. The lowest BCUT2D eigenvalue weighted by atomic mass is 9.96. The maximum atomic E-state index is 12.8. The van der Waals surface area contributed by atoms with Gasteiger partial charge in [-0.3, -0.25) is 14.4 Å². The van der Waals surface area contributed by atoms with Crippen LogP contribution in [0.1, 0.15) is 27.0 Å². The van der Waals surface area contributed by atoms with Crippen molar-refractivity contribution in [3.05, 3.63) is 93.4 Å². The molecule has 176 valence electrons. The van der Waals surface area contributed by atoms with Crippen LogP contribution in [-0.2, 0) is 30.9 Å². The van der Waals surface area contributed by atoms with Gasteiger partial charge >= 0.3 is 12.1 Å². The highest BCUT2D eigenvalue weighted by Crippen LogP contribution is 2.25. The molecule has 1 aromatic heterocycles. The third-order valence-electron chi connectivity index (χ3n) is 5.46. The summed E-state index contributed by atoms with van der Waals surface area (Å²) < 4.78 is 44.8. The molecule has 3 aromatic rings. The molecular formula is C24H20F3N3O4. The number of aromatic nitrogens is 2. The molecule has 7 nitrogen and oxygen atoms in total. The van der Waals surface area contributed by atoms with Gasteiger partial charge in [-0.25, -0.2) is 4.68 Å². The lowest BCUT2D eigenvalue weighted by Gasteiger charge is -2.29. The number of fused-ring (bicyclic) bond motifs is 1. The van der Waals surface area contributed by atoms with Crippen molar-refractivity contribution >= 4 is 11.7 Å². The molecule has 10 heteroatoms. The second kappa shape index (κ2) is 9.50. The zero-order valence-corrected chi connectivity index (χ0v) is 17.9. The summed E-state index contributed by atoms with van der Waals surface area (Å²) in [4.78, 5) is 37.4. The van der Waals surface area contributed by atoms with Crippen LogP contribution in [0.4, 0.5) is 13.2 Å². The largest absolute Gasteiger partial charge is 0.487 e. The highest BCUT2D eigenvalue weighted by atomic mass is 19.4. The lowest BCUT2D eigenvalue weighted by Crippen LogP contribution is -2.43. The van der Waals surface area contributed by atoms with Crippen molar-refractivity contribution in [2.45, 2.75) is 32.3 Å². The second-order valence-corrected chi connectivity index (χ2v) is 7.84. The lowest BCUT2D eigenvalue weighted by molar-refractivity contribution is -0.186. The zero-order valence-electron chi connectivity index (χ0n) is 17.9. The highest BCUT2D eigenvalue weighted by Gasteiger charge is 2.43. The molecule has 0 radical (unpaired) electrons. The molecule has 0 unspecified atom stereocenters. The number of ketones is 1. The van der Waals surface area contributed by atoms with Crippen LogP contribution in [0, 0.1) is 0 Å². The minimum atomic E-state index is -4.95. The number of rotatable bonds is 6. The molecule has 2 aromatic carbocycles. The summed E-state index contributed by atoms with van der Waals surface area (Å²) in [6.07, 6.45) is -3.35. The van der Waals surface area contributed by atoms with Crippen molar-refractivity contribution < 1.29 is 27.5 Å². The van der Waals surface area contributed by atoms with Crippen LogP contribution in [-0.4, -0.2) is 39.1 Å². The Kier molecular flexibility index (Phi) is 6.49. The Bertz CT molecular complexity index is 1270. The number of carbonyl (C=O) groups excluding carboxylic acids is 2. The van der Waals surface area contributed by atoms with Crippen LogP contribution in [0.15, 0.2) is 65.6 Å². The van der Waals surface area contributed by atoms with Gasteiger partial charge in [-0.15, -0.1) is 0 Å². The molecule has 0 saturated carbocycles. The van der Waals surface area contributed by atoms with Crippen LogP contribution in [0.3, 0.4) is 0 Å². The van der Waals surface area contributed by atoms with E-state index in [9.17, 15) is 27.6 Å². The van der Waals surface area contributed by atoms with Gasteiger partial charge < -0.3 is 9.64 Å². The number of hydrogen-bond donors (Lipinski definition) is 0. The second-order valence-electron chi connectivity index (χ2n) is 7.84. The Morgan fingerprint density at radius 3 is 2.50 bits per heavy atom. The topological polar surface area (TPSA) is 81.5 Å². The van der Waals surface area contributed by atoms with Crippen molar-refractivity contribution in [2.24, 2.45) is 0 Å². The Morgan fingerprint density at radius 1 is 1.03 bits per heavy atom. The summed E-state index contributed by atoms with van der Waals surface area (Å²) in [6.45, 7) is -0.368. The number of benzene rings is 2. The van der Waals surface area contributed by atoms with Crippen LogP contribution in [0.25, 0.3) is 0 Å². The summed E-state index contributed by atoms with van der Waals surface area (Å²) in [7, 11) is 0. The predicted molar refractivity (Wildman–Crippen MR) is 115 cm³/mol. The minimum absolute atomic E-state index is 0.0450. The summed E-state index contributed by atoms with van der Waals surface area (Å²) in [5.74, 6) is -2.07. The average Bonchev–Trinajstić information content (AvgIpc) is 2.83. The number of carbonyl (C=O) groups is 2. The van der Waals surface area contributed by atoms with Crippen molar-refractivity contribution in [1.29, 1.82) is 0 Å². The summed E-state index contributed by atoms with van der Waals surface area (Å²) >= 11 is 0. The molecule has 0 aliphatic carbocycles. The van der Waals surface area contributed by atoms with Gasteiger partial charge in [0.2, 0.25) is 0 Å². The van der Waals surface area contributed by atoms with E-state index in [2.05, 4.69) is 5.10 Å². The van der Waals surface area contributed by atoms with Crippen molar-refractivity contribution in [3.63, 3.8) is 0 Å². The standard InChI is InChI=1S/C24H20F3N3O4/c25-24(26,27)23(33)29-9-8-17-6-7-18(10-19(17)13-29)21(31)14-30-22(32)11-20(12-28-30)34-15-16-4-2-1-3-5-16/h1-7,10-12H,8-9,13-15H2. The molecule has 1 amide bonds. The fourth-order valence-corrected chi connectivity index (χ4v) is 3.67. The smallest absolute Gasteiger partial charge is 0.471 e. The van der Waals surface area contributed by atoms with E-state index >= 15 is 0 Å². The monoisotopic (exact) mass is 471 g/mol. The number of hydrogen-bond acceptors (Lipinski definition) is 5.